The van der Waals surface area contributed by atoms with Gasteiger partial charge >= 0.3 is 12.1 Å². The van der Waals surface area contributed by atoms with Gasteiger partial charge in [0.15, 0.2) is 5.82 Å². The van der Waals surface area contributed by atoms with Gasteiger partial charge in [0.25, 0.3) is 0 Å². The topological polar surface area (TPSA) is 26.3 Å². The third kappa shape index (κ3) is 3.09. The van der Waals surface area contributed by atoms with Crippen molar-refractivity contribution < 1.29 is 27.1 Å². The van der Waals surface area contributed by atoms with Crippen molar-refractivity contribution >= 4 is 17.6 Å². The van der Waals surface area contributed by atoms with Gasteiger partial charge in [-0.1, -0.05) is 17.7 Å². The summed E-state index contributed by atoms with van der Waals surface area (Å²) in [6.45, 7) is 0. The predicted octanol–water partition coefficient (Wildman–Crippen LogP) is 3.21. The molecule has 0 atom stereocenters. The third-order valence-corrected chi connectivity index (χ3v) is 2.32. The highest BCUT2D eigenvalue weighted by Crippen LogP contribution is 2.36. The Morgan fingerprint density at radius 3 is 2.47 bits per heavy atom. The van der Waals surface area contributed by atoms with Crippen molar-refractivity contribution in [2.45, 2.75) is 12.6 Å². The maximum absolute atomic E-state index is 13.3. The van der Waals surface area contributed by atoms with Crippen LogP contribution in [0.3, 0.4) is 0 Å². The average molecular weight is 271 g/mol. The lowest BCUT2D eigenvalue weighted by Crippen LogP contribution is -2.15. The van der Waals surface area contributed by atoms with E-state index in [2.05, 4.69) is 4.74 Å². The fourth-order valence-corrected chi connectivity index (χ4v) is 1.43. The number of carbonyl (C=O) groups is 1. The van der Waals surface area contributed by atoms with Gasteiger partial charge in [0.05, 0.1) is 24.1 Å². The van der Waals surface area contributed by atoms with Crippen molar-refractivity contribution in [1.82, 2.24) is 0 Å². The van der Waals surface area contributed by atoms with Crippen molar-refractivity contribution in [2.24, 2.45) is 0 Å². The molecule has 1 aromatic carbocycles. The summed E-state index contributed by atoms with van der Waals surface area (Å²) in [5.41, 5.74) is -2.04. The fraction of sp³-hybridized carbons (Fsp3) is 0.300. The fourth-order valence-electron chi connectivity index (χ4n) is 1.27. The lowest BCUT2D eigenvalue weighted by molar-refractivity contribution is -0.142. The summed E-state index contributed by atoms with van der Waals surface area (Å²) in [6, 6.07) is 1.91. The highest BCUT2D eigenvalue weighted by Gasteiger charge is 2.38. The summed E-state index contributed by atoms with van der Waals surface area (Å²) < 4.78 is 55.3. The molecule has 0 aliphatic heterocycles. The molecular formula is C10H7ClF4O2. The Balaban J connectivity index is 3.31. The van der Waals surface area contributed by atoms with E-state index in [1.54, 1.807) is 0 Å². The Labute approximate surface area is 99.1 Å². The van der Waals surface area contributed by atoms with Gasteiger partial charge in [-0.3, -0.25) is 4.79 Å². The zero-order valence-corrected chi connectivity index (χ0v) is 9.32. The molecule has 0 saturated carbocycles. The second-order valence-corrected chi connectivity index (χ2v) is 3.55. The standard InChI is InChI=1S/C10H7ClF4O2/c1-17-7(16)4-5-2-3-6(11)9(12)8(5)10(13,14)15/h2-3H,4H2,1H3. The number of benzene rings is 1. The average Bonchev–Trinajstić information content (AvgIpc) is 2.21. The molecular weight excluding hydrogens is 264 g/mol. The molecule has 1 rings (SSSR count). The molecule has 0 unspecified atom stereocenters. The van der Waals surface area contributed by atoms with Crippen LogP contribution in [-0.2, 0) is 22.1 Å². The number of hydrogen-bond acceptors (Lipinski definition) is 2. The number of methoxy groups -OCH3 is 1. The molecule has 0 radical (unpaired) electrons. The first kappa shape index (κ1) is 13.8. The van der Waals surface area contributed by atoms with E-state index < -0.39 is 40.5 Å². The highest BCUT2D eigenvalue weighted by atomic mass is 35.5. The van der Waals surface area contributed by atoms with E-state index in [9.17, 15) is 22.4 Å². The van der Waals surface area contributed by atoms with Crippen LogP contribution in [0.2, 0.25) is 5.02 Å². The summed E-state index contributed by atoms with van der Waals surface area (Å²) in [5, 5.41) is -0.647. The first-order valence-corrected chi connectivity index (χ1v) is 4.76. The van der Waals surface area contributed by atoms with Crippen LogP contribution in [0.5, 0.6) is 0 Å². The van der Waals surface area contributed by atoms with Crippen LogP contribution in [0.4, 0.5) is 17.6 Å². The monoisotopic (exact) mass is 270 g/mol. The van der Waals surface area contributed by atoms with Crippen LogP contribution in [0.25, 0.3) is 0 Å². The van der Waals surface area contributed by atoms with E-state index in [0.717, 1.165) is 19.2 Å². The van der Waals surface area contributed by atoms with Gasteiger partial charge in [-0.05, 0) is 11.6 Å². The number of halogens is 5. The minimum absolute atomic E-state index is 0.508. The molecule has 0 fully saturated rings. The first-order chi connectivity index (χ1) is 7.77. The lowest BCUT2D eigenvalue weighted by atomic mass is 10.0. The van der Waals surface area contributed by atoms with Crippen molar-refractivity contribution in [1.29, 1.82) is 0 Å². The van der Waals surface area contributed by atoms with E-state index in [-0.39, 0.29) is 0 Å². The molecule has 0 bridgehead atoms. The minimum Gasteiger partial charge on any atom is -0.469 e. The SMILES string of the molecule is COC(=O)Cc1ccc(Cl)c(F)c1C(F)(F)F. The number of hydrogen-bond donors (Lipinski definition) is 0. The van der Waals surface area contributed by atoms with Gasteiger partial charge in [0, 0.05) is 0 Å². The Kier molecular flexibility index (Phi) is 3.98. The molecule has 0 heterocycles. The largest absolute Gasteiger partial charge is 0.469 e. The molecule has 17 heavy (non-hydrogen) atoms. The number of ether oxygens (including phenoxy) is 1. The Bertz CT molecular complexity index is 443. The maximum atomic E-state index is 13.3. The van der Waals surface area contributed by atoms with E-state index in [1.165, 1.54) is 0 Å². The number of alkyl halides is 3. The third-order valence-electron chi connectivity index (χ3n) is 2.03. The van der Waals surface area contributed by atoms with Gasteiger partial charge in [-0.25, -0.2) is 4.39 Å². The van der Waals surface area contributed by atoms with Gasteiger partial charge in [-0.15, -0.1) is 0 Å². The Morgan fingerprint density at radius 2 is 2.00 bits per heavy atom. The van der Waals surface area contributed by atoms with Gasteiger partial charge < -0.3 is 4.74 Å². The van der Waals surface area contributed by atoms with E-state index >= 15 is 0 Å². The highest BCUT2D eigenvalue weighted by molar-refractivity contribution is 6.30. The van der Waals surface area contributed by atoms with Crippen molar-refractivity contribution in [2.75, 3.05) is 7.11 Å². The second kappa shape index (κ2) is 4.91. The molecule has 0 aliphatic rings. The smallest absolute Gasteiger partial charge is 0.419 e. The van der Waals surface area contributed by atoms with Crippen LogP contribution in [0.1, 0.15) is 11.1 Å². The van der Waals surface area contributed by atoms with Crippen LogP contribution >= 0.6 is 11.6 Å². The van der Waals surface area contributed by atoms with Crippen LogP contribution in [-0.4, -0.2) is 13.1 Å². The maximum Gasteiger partial charge on any atom is 0.419 e. The summed E-state index contributed by atoms with van der Waals surface area (Å²) in [6.07, 6.45) is -5.59. The van der Waals surface area contributed by atoms with Crippen LogP contribution < -0.4 is 0 Å². The van der Waals surface area contributed by atoms with E-state index in [0.29, 0.717) is 0 Å². The summed E-state index contributed by atoms with van der Waals surface area (Å²) in [4.78, 5) is 10.9. The molecule has 0 amide bonds. The van der Waals surface area contributed by atoms with Gasteiger partial charge in [-0.2, -0.15) is 13.2 Å². The normalized spacial score (nSPS) is 11.4. The van der Waals surface area contributed by atoms with Crippen molar-refractivity contribution in [3.05, 3.63) is 34.1 Å². The van der Waals surface area contributed by atoms with Gasteiger partial charge in [0.2, 0.25) is 0 Å². The summed E-state index contributed by atoms with van der Waals surface area (Å²) in [7, 11) is 1.03. The Hall–Kier alpha value is -1.30. The predicted molar refractivity (Wildman–Crippen MR) is 52.1 cm³/mol. The molecule has 94 valence electrons. The summed E-state index contributed by atoms with van der Waals surface area (Å²) in [5.74, 6) is -2.47. The molecule has 0 aliphatic carbocycles. The summed E-state index contributed by atoms with van der Waals surface area (Å²) >= 11 is 5.27. The quantitative estimate of drug-likeness (QED) is 0.609. The molecule has 1 aromatic rings. The zero-order chi connectivity index (χ0) is 13.2. The van der Waals surface area contributed by atoms with Crippen molar-refractivity contribution in [3.8, 4) is 0 Å². The molecule has 2 nitrogen and oxygen atoms in total. The van der Waals surface area contributed by atoms with Crippen LogP contribution in [0.15, 0.2) is 12.1 Å². The molecule has 0 aromatic heterocycles. The number of esters is 1. The first-order valence-electron chi connectivity index (χ1n) is 4.38. The van der Waals surface area contributed by atoms with E-state index in [4.69, 9.17) is 11.6 Å². The molecule has 0 spiro atoms. The zero-order valence-electron chi connectivity index (χ0n) is 8.57. The lowest BCUT2D eigenvalue weighted by Gasteiger charge is -2.13. The molecule has 7 heteroatoms. The second-order valence-electron chi connectivity index (χ2n) is 3.15. The number of rotatable bonds is 2. The Morgan fingerprint density at radius 1 is 1.41 bits per heavy atom. The van der Waals surface area contributed by atoms with Crippen LogP contribution in [0, 0.1) is 5.82 Å². The van der Waals surface area contributed by atoms with Gasteiger partial charge in [0.1, 0.15) is 0 Å². The molecule has 0 N–H and O–H groups in total. The van der Waals surface area contributed by atoms with E-state index in [1.807, 2.05) is 0 Å². The minimum atomic E-state index is -4.92. The number of carbonyl (C=O) groups excluding carboxylic acids is 1. The molecule has 0 saturated heterocycles. The van der Waals surface area contributed by atoms with Crippen molar-refractivity contribution in [3.63, 3.8) is 0 Å².